The van der Waals surface area contributed by atoms with Crippen LogP contribution in [0.15, 0.2) is 48.1 Å². The Labute approximate surface area is 83.2 Å². The predicted molar refractivity (Wildman–Crippen MR) is 56.9 cm³/mol. The molecule has 14 heavy (non-hydrogen) atoms. The van der Waals surface area contributed by atoms with Gasteiger partial charge >= 0.3 is 5.97 Å². The molecule has 0 amide bonds. The topological polar surface area (TPSA) is 37.3 Å². The van der Waals surface area contributed by atoms with E-state index in [0.717, 1.165) is 5.56 Å². The first kappa shape index (κ1) is 10.3. The van der Waals surface area contributed by atoms with Crippen molar-refractivity contribution in [1.82, 2.24) is 0 Å². The summed E-state index contributed by atoms with van der Waals surface area (Å²) in [5.41, 5.74) is 1.39. The number of hydrogen-bond acceptors (Lipinski definition) is 1. The molecule has 0 unspecified atom stereocenters. The smallest absolute Gasteiger partial charge is 0.331 e. The summed E-state index contributed by atoms with van der Waals surface area (Å²) in [7, 11) is 0. The molecule has 1 rings (SSSR count). The molecule has 2 nitrogen and oxygen atoms in total. The highest BCUT2D eigenvalue weighted by Gasteiger charge is 1.95. The minimum atomic E-state index is -0.886. The predicted octanol–water partition coefficient (Wildman–Crippen LogP) is 2.73. The number of carbonyl (C=O) groups is 1. The van der Waals surface area contributed by atoms with Crippen LogP contribution in [0.4, 0.5) is 0 Å². The molecule has 0 fully saturated rings. The number of allylic oxidation sites excluding steroid dienone is 2. The summed E-state index contributed by atoms with van der Waals surface area (Å²) >= 11 is 0. The lowest BCUT2D eigenvalue weighted by molar-refractivity contribution is -0.132. The van der Waals surface area contributed by atoms with Crippen molar-refractivity contribution in [3.05, 3.63) is 53.6 Å². The Bertz CT molecular complexity index is 361. The fourth-order valence-corrected chi connectivity index (χ4v) is 0.939. The molecular formula is C12H12O2. The van der Waals surface area contributed by atoms with Gasteiger partial charge < -0.3 is 5.11 Å². The third-order valence-electron chi connectivity index (χ3n) is 1.77. The zero-order valence-corrected chi connectivity index (χ0v) is 7.97. The van der Waals surface area contributed by atoms with Crippen LogP contribution >= 0.6 is 0 Å². The maximum absolute atomic E-state index is 10.4. The van der Waals surface area contributed by atoms with E-state index in [0.29, 0.717) is 5.57 Å². The van der Waals surface area contributed by atoms with Gasteiger partial charge in [-0.15, -0.1) is 0 Å². The summed E-state index contributed by atoms with van der Waals surface area (Å²) in [5, 5.41) is 8.58. The van der Waals surface area contributed by atoms with Gasteiger partial charge in [-0.25, -0.2) is 4.79 Å². The van der Waals surface area contributed by atoms with Crippen LogP contribution < -0.4 is 0 Å². The van der Waals surface area contributed by atoms with E-state index in [9.17, 15) is 4.79 Å². The molecule has 0 spiro atoms. The summed E-state index contributed by atoms with van der Waals surface area (Å²) < 4.78 is 0. The average Bonchev–Trinajstić information content (AvgIpc) is 2.19. The van der Waals surface area contributed by atoms with Gasteiger partial charge in [-0.2, -0.15) is 0 Å². The van der Waals surface area contributed by atoms with Crippen molar-refractivity contribution in [2.45, 2.75) is 6.92 Å². The molecule has 0 bridgehead atoms. The van der Waals surface area contributed by atoms with E-state index in [1.807, 2.05) is 36.4 Å². The van der Waals surface area contributed by atoms with Crippen LogP contribution in [0.5, 0.6) is 0 Å². The van der Waals surface area contributed by atoms with Gasteiger partial charge in [0.15, 0.2) is 0 Å². The highest BCUT2D eigenvalue weighted by molar-refractivity contribution is 5.86. The second-order valence-corrected chi connectivity index (χ2v) is 2.92. The Balaban J connectivity index is 2.66. The van der Waals surface area contributed by atoms with Crippen LogP contribution in [0, 0.1) is 0 Å². The Morgan fingerprint density at radius 3 is 2.50 bits per heavy atom. The third kappa shape index (κ3) is 3.27. The van der Waals surface area contributed by atoms with Crippen LogP contribution in [0.3, 0.4) is 0 Å². The number of rotatable bonds is 3. The zero-order valence-electron chi connectivity index (χ0n) is 7.97. The number of hydrogen-bond donors (Lipinski definition) is 1. The molecule has 0 aromatic heterocycles. The lowest BCUT2D eigenvalue weighted by Gasteiger charge is -1.90. The van der Waals surface area contributed by atoms with Crippen LogP contribution in [0.2, 0.25) is 0 Å². The van der Waals surface area contributed by atoms with Gasteiger partial charge in [0, 0.05) is 5.57 Å². The quantitative estimate of drug-likeness (QED) is 0.585. The molecule has 1 aromatic rings. The van der Waals surface area contributed by atoms with Crippen LogP contribution in [0.1, 0.15) is 12.5 Å². The molecule has 0 aliphatic heterocycles. The van der Waals surface area contributed by atoms with E-state index in [-0.39, 0.29) is 0 Å². The Hall–Kier alpha value is -1.83. The van der Waals surface area contributed by atoms with Gasteiger partial charge in [0.25, 0.3) is 0 Å². The third-order valence-corrected chi connectivity index (χ3v) is 1.77. The Morgan fingerprint density at radius 2 is 1.93 bits per heavy atom. The first-order chi connectivity index (χ1) is 6.70. The molecule has 1 aromatic carbocycles. The molecule has 2 heteroatoms. The van der Waals surface area contributed by atoms with Crippen molar-refractivity contribution < 1.29 is 9.90 Å². The Morgan fingerprint density at radius 1 is 1.29 bits per heavy atom. The molecule has 0 atom stereocenters. The minimum absolute atomic E-state index is 0.331. The highest BCUT2D eigenvalue weighted by Crippen LogP contribution is 2.02. The summed E-state index contributed by atoms with van der Waals surface area (Å²) in [5.74, 6) is -0.886. The standard InChI is InChI=1S/C12H12O2/c1-10(12(13)14)6-5-9-11-7-3-2-4-8-11/h2-9H,1H3,(H,13,14)/b9-5+,10-6-. The number of carboxylic acid groups (broad SMARTS) is 1. The largest absolute Gasteiger partial charge is 0.478 e. The van der Waals surface area contributed by atoms with Gasteiger partial charge in [-0.1, -0.05) is 48.6 Å². The fraction of sp³-hybridized carbons (Fsp3) is 0.0833. The number of benzene rings is 1. The molecule has 1 N–H and O–H groups in total. The van der Waals surface area contributed by atoms with Crippen molar-refractivity contribution in [1.29, 1.82) is 0 Å². The minimum Gasteiger partial charge on any atom is -0.478 e. The summed E-state index contributed by atoms with van der Waals surface area (Å²) in [6, 6.07) is 9.73. The van der Waals surface area contributed by atoms with E-state index in [2.05, 4.69) is 0 Å². The van der Waals surface area contributed by atoms with Crippen molar-refractivity contribution in [2.75, 3.05) is 0 Å². The molecule has 0 heterocycles. The molecular weight excluding hydrogens is 176 g/mol. The molecule has 0 aliphatic carbocycles. The van der Waals surface area contributed by atoms with Gasteiger partial charge in [0.05, 0.1) is 0 Å². The Kier molecular flexibility index (Phi) is 3.68. The lowest BCUT2D eigenvalue weighted by atomic mass is 10.2. The summed E-state index contributed by atoms with van der Waals surface area (Å²) in [6.45, 7) is 1.57. The van der Waals surface area contributed by atoms with E-state index < -0.39 is 5.97 Å². The van der Waals surface area contributed by atoms with Crippen LogP contribution in [-0.2, 0) is 4.79 Å². The number of carboxylic acids is 1. The van der Waals surface area contributed by atoms with Crippen LogP contribution in [0.25, 0.3) is 6.08 Å². The molecule has 72 valence electrons. The first-order valence-corrected chi connectivity index (χ1v) is 4.33. The van der Waals surface area contributed by atoms with E-state index >= 15 is 0 Å². The van der Waals surface area contributed by atoms with E-state index in [4.69, 9.17) is 5.11 Å². The molecule has 0 radical (unpaired) electrons. The van der Waals surface area contributed by atoms with Crippen molar-refractivity contribution in [3.63, 3.8) is 0 Å². The second-order valence-electron chi connectivity index (χ2n) is 2.92. The average molecular weight is 188 g/mol. The highest BCUT2D eigenvalue weighted by atomic mass is 16.4. The van der Waals surface area contributed by atoms with Gasteiger partial charge in [-0.05, 0) is 12.5 Å². The summed E-state index contributed by atoms with van der Waals surface area (Å²) in [6.07, 6.45) is 5.18. The van der Waals surface area contributed by atoms with E-state index in [1.165, 1.54) is 0 Å². The normalized spacial score (nSPS) is 11.9. The lowest BCUT2D eigenvalue weighted by Crippen LogP contribution is -1.94. The van der Waals surface area contributed by atoms with Gasteiger partial charge in [-0.3, -0.25) is 0 Å². The maximum atomic E-state index is 10.4. The SMILES string of the molecule is C/C(=C/C=C/c1ccccc1)C(=O)O. The second kappa shape index (κ2) is 5.02. The summed E-state index contributed by atoms with van der Waals surface area (Å²) in [4.78, 5) is 10.4. The van der Waals surface area contributed by atoms with Crippen molar-refractivity contribution >= 4 is 12.0 Å². The molecule has 0 aliphatic rings. The first-order valence-electron chi connectivity index (χ1n) is 4.33. The van der Waals surface area contributed by atoms with Crippen LogP contribution in [-0.4, -0.2) is 11.1 Å². The van der Waals surface area contributed by atoms with Gasteiger partial charge in [0.1, 0.15) is 0 Å². The van der Waals surface area contributed by atoms with Gasteiger partial charge in [0.2, 0.25) is 0 Å². The zero-order chi connectivity index (χ0) is 10.4. The fourth-order valence-electron chi connectivity index (χ4n) is 0.939. The molecule has 0 saturated heterocycles. The molecule has 0 saturated carbocycles. The number of aliphatic carboxylic acids is 1. The van der Waals surface area contributed by atoms with Crippen molar-refractivity contribution in [3.8, 4) is 0 Å². The monoisotopic (exact) mass is 188 g/mol. The van der Waals surface area contributed by atoms with Crippen molar-refractivity contribution in [2.24, 2.45) is 0 Å². The van der Waals surface area contributed by atoms with E-state index in [1.54, 1.807) is 19.1 Å². The maximum Gasteiger partial charge on any atom is 0.331 e.